The lowest BCUT2D eigenvalue weighted by molar-refractivity contribution is 0.425. The normalized spacial score (nSPS) is 10.6. The second-order valence-electron chi connectivity index (χ2n) is 3.82. The molecule has 0 atom stereocenters. The Morgan fingerprint density at radius 1 is 1.11 bits per heavy atom. The van der Waals surface area contributed by atoms with Crippen LogP contribution >= 0.6 is 15.9 Å². The number of aromatic hydroxyl groups is 1. The van der Waals surface area contributed by atoms with E-state index in [0.717, 1.165) is 10.0 Å². The summed E-state index contributed by atoms with van der Waals surface area (Å²) in [5.74, 6) is 0.741. The minimum absolute atomic E-state index is 0.00788. The lowest BCUT2D eigenvalue weighted by Crippen LogP contribution is -1.82. The SMILES string of the molecule is Oc1cnccc1-c1nc(-c2ccc(Br)cc2)no1. The number of halogens is 1. The second-order valence-corrected chi connectivity index (χ2v) is 4.74. The van der Waals surface area contributed by atoms with Crippen LogP contribution in [-0.2, 0) is 0 Å². The van der Waals surface area contributed by atoms with Crippen LogP contribution in [0.5, 0.6) is 5.75 Å². The average Bonchev–Trinajstić information content (AvgIpc) is 2.89. The Bertz CT molecular complexity index is 710. The fourth-order valence-electron chi connectivity index (χ4n) is 1.62. The van der Waals surface area contributed by atoms with E-state index < -0.39 is 0 Å². The van der Waals surface area contributed by atoms with E-state index in [-0.39, 0.29) is 11.6 Å². The largest absolute Gasteiger partial charge is 0.505 e. The van der Waals surface area contributed by atoms with Gasteiger partial charge >= 0.3 is 0 Å². The van der Waals surface area contributed by atoms with Crippen LogP contribution in [0, 0.1) is 0 Å². The summed E-state index contributed by atoms with van der Waals surface area (Å²) in [7, 11) is 0. The molecule has 0 bridgehead atoms. The van der Waals surface area contributed by atoms with Crippen LogP contribution in [0.4, 0.5) is 0 Å². The van der Waals surface area contributed by atoms with Crippen molar-refractivity contribution in [1.82, 2.24) is 15.1 Å². The molecular formula is C13H8BrN3O2. The fraction of sp³-hybridized carbons (Fsp3) is 0. The monoisotopic (exact) mass is 317 g/mol. The third-order valence-electron chi connectivity index (χ3n) is 2.56. The van der Waals surface area contributed by atoms with Crippen LogP contribution in [0.15, 0.2) is 51.7 Å². The lowest BCUT2D eigenvalue weighted by atomic mass is 10.2. The van der Waals surface area contributed by atoms with Gasteiger partial charge in [0.25, 0.3) is 5.89 Å². The molecule has 0 saturated carbocycles. The van der Waals surface area contributed by atoms with Crippen LogP contribution in [0.1, 0.15) is 0 Å². The number of hydrogen-bond donors (Lipinski definition) is 1. The number of aromatic nitrogens is 3. The molecule has 3 aromatic rings. The minimum atomic E-state index is 0.00788. The number of benzene rings is 1. The van der Waals surface area contributed by atoms with Crippen molar-refractivity contribution >= 4 is 15.9 Å². The molecule has 0 fully saturated rings. The molecule has 0 aliphatic heterocycles. The summed E-state index contributed by atoms with van der Waals surface area (Å²) in [6.07, 6.45) is 2.89. The Balaban J connectivity index is 2.00. The van der Waals surface area contributed by atoms with Crippen molar-refractivity contribution in [2.45, 2.75) is 0 Å². The molecule has 1 N–H and O–H groups in total. The standard InChI is InChI=1S/C13H8BrN3O2/c14-9-3-1-8(2-4-9)12-16-13(19-17-12)10-5-6-15-7-11(10)18/h1-7,18H. The molecule has 2 heterocycles. The molecule has 0 spiro atoms. The first-order valence-electron chi connectivity index (χ1n) is 5.47. The molecule has 19 heavy (non-hydrogen) atoms. The topological polar surface area (TPSA) is 72.0 Å². The van der Waals surface area contributed by atoms with Gasteiger partial charge in [-0.25, -0.2) is 0 Å². The predicted octanol–water partition coefficient (Wildman–Crippen LogP) is 3.27. The van der Waals surface area contributed by atoms with Crippen LogP contribution < -0.4 is 0 Å². The van der Waals surface area contributed by atoms with Crippen molar-refractivity contribution < 1.29 is 9.63 Å². The molecule has 94 valence electrons. The average molecular weight is 318 g/mol. The Labute approximate surface area is 117 Å². The summed E-state index contributed by atoms with van der Waals surface area (Å²) in [6, 6.07) is 9.18. The summed E-state index contributed by atoms with van der Waals surface area (Å²) >= 11 is 3.37. The van der Waals surface area contributed by atoms with Gasteiger partial charge in [0, 0.05) is 16.2 Å². The molecule has 6 heteroatoms. The molecule has 0 unspecified atom stereocenters. The van der Waals surface area contributed by atoms with Gasteiger partial charge in [-0.15, -0.1) is 0 Å². The highest BCUT2D eigenvalue weighted by Gasteiger charge is 2.13. The second kappa shape index (κ2) is 4.81. The number of pyridine rings is 1. The molecular weight excluding hydrogens is 310 g/mol. The van der Waals surface area contributed by atoms with Gasteiger partial charge in [0.05, 0.1) is 11.8 Å². The lowest BCUT2D eigenvalue weighted by Gasteiger charge is -1.96. The van der Waals surface area contributed by atoms with E-state index in [1.54, 1.807) is 12.3 Å². The van der Waals surface area contributed by atoms with Crippen molar-refractivity contribution in [1.29, 1.82) is 0 Å². The summed E-state index contributed by atoms with van der Waals surface area (Å²) in [4.78, 5) is 8.06. The van der Waals surface area contributed by atoms with Crippen LogP contribution in [0.3, 0.4) is 0 Å². The van der Waals surface area contributed by atoms with Gasteiger partial charge < -0.3 is 9.63 Å². The van der Waals surface area contributed by atoms with Crippen LogP contribution in [0.2, 0.25) is 0 Å². The highest BCUT2D eigenvalue weighted by Crippen LogP contribution is 2.28. The van der Waals surface area contributed by atoms with Gasteiger partial charge in [0.1, 0.15) is 5.75 Å². The molecule has 0 amide bonds. The smallest absolute Gasteiger partial charge is 0.262 e. The van der Waals surface area contributed by atoms with Gasteiger partial charge in [-0.05, 0) is 30.3 Å². The van der Waals surface area contributed by atoms with Crippen molar-refractivity contribution in [2.75, 3.05) is 0 Å². The molecule has 0 aliphatic carbocycles. The summed E-state index contributed by atoms with van der Waals surface area (Å²) in [5.41, 5.74) is 1.30. The fourth-order valence-corrected chi connectivity index (χ4v) is 1.88. The summed E-state index contributed by atoms with van der Waals surface area (Å²) in [6.45, 7) is 0. The third kappa shape index (κ3) is 2.34. The first kappa shape index (κ1) is 11.9. The van der Waals surface area contributed by atoms with Gasteiger partial charge in [0.15, 0.2) is 0 Å². The third-order valence-corrected chi connectivity index (χ3v) is 3.09. The molecule has 0 saturated heterocycles. The molecule has 1 aromatic carbocycles. The number of rotatable bonds is 2. The molecule has 0 radical (unpaired) electrons. The molecule has 3 rings (SSSR count). The maximum absolute atomic E-state index is 9.68. The minimum Gasteiger partial charge on any atom is -0.505 e. The van der Waals surface area contributed by atoms with Crippen molar-refractivity contribution in [3.05, 3.63) is 47.2 Å². The zero-order valence-corrected chi connectivity index (χ0v) is 11.2. The van der Waals surface area contributed by atoms with E-state index in [9.17, 15) is 5.11 Å². The quantitative estimate of drug-likeness (QED) is 0.785. The maximum Gasteiger partial charge on any atom is 0.262 e. The van der Waals surface area contributed by atoms with E-state index in [2.05, 4.69) is 31.1 Å². The Morgan fingerprint density at radius 3 is 2.63 bits per heavy atom. The van der Waals surface area contributed by atoms with E-state index in [0.29, 0.717) is 11.4 Å². The zero-order valence-electron chi connectivity index (χ0n) is 9.62. The van der Waals surface area contributed by atoms with E-state index >= 15 is 0 Å². The van der Waals surface area contributed by atoms with Gasteiger partial charge in [-0.2, -0.15) is 4.98 Å². The predicted molar refractivity (Wildman–Crippen MR) is 72.3 cm³/mol. The first-order valence-corrected chi connectivity index (χ1v) is 6.26. The number of hydrogen-bond acceptors (Lipinski definition) is 5. The van der Waals surface area contributed by atoms with Crippen LogP contribution in [-0.4, -0.2) is 20.2 Å². The Kier molecular flexibility index (Phi) is 3.00. The maximum atomic E-state index is 9.68. The number of nitrogens with zero attached hydrogens (tertiary/aromatic N) is 3. The first-order chi connectivity index (χ1) is 9.24. The van der Waals surface area contributed by atoms with Gasteiger partial charge in [-0.3, -0.25) is 4.98 Å². The van der Waals surface area contributed by atoms with Crippen LogP contribution in [0.25, 0.3) is 22.8 Å². The molecule has 0 aliphatic rings. The van der Waals surface area contributed by atoms with E-state index in [1.807, 2.05) is 24.3 Å². The van der Waals surface area contributed by atoms with Crippen molar-refractivity contribution in [3.63, 3.8) is 0 Å². The Morgan fingerprint density at radius 2 is 1.89 bits per heavy atom. The van der Waals surface area contributed by atoms with Crippen molar-refractivity contribution in [2.24, 2.45) is 0 Å². The summed E-state index contributed by atoms with van der Waals surface area (Å²) < 4.78 is 6.13. The molecule has 2 aromatic heterocycles. The molecule has 5 nitrogen and oxygen atoms in total. The Hall–Kier alpha value is -2.21. The summed E-state index contributed by atoms with van der Waals surface area (Å²) in [5, 5.41) is 13.6. The van der Waals surface area contributed by atoms with E-state index in [4.69, 9.17) is 4.52 Å². The van der Waals surface area contributed by atoms with Crippen molar-refractivity contribution in [3.8, 4) is 28.6 Å². The highest BCUT2D eigenvalue weighted by molar-refractivity contribution is 9.10. The highest BCUT2D eigenvalue weighted by atomic mass is 79.9. The van der Waals surface area contributed by atoms with E-state index in [1.165, 1.54) is 6.20 Å². The van der Waals surface area contributed by atoms with Gasteiger partial charge in [0.2, 0.25) is 5.82 Å². The zero-order chi connectivity index (χ0) is 13.2. The van der Waals surface area contributed by atoms with Gasteiger partial charge in [-0.1, -0.05) is 21.1 Å².